The number of aromatic nitrogens is 2. The van der Waals surface area contributed by atoms with Gasteiger partial charge in [-0.1, -0.05) is 23.2 Å². The van der Waals surface area contributed by atoms with E-state index in [1.165, 1.54) is 0 Å². The molecule has 0 N–H and O–H groups in total. The predicted molar refractivity (Wildman–Crippen MR) is 52.5 cm³/mol. The Labute approximate surface area is 108 Å². The van der Waals surface area contributed by atoms with E-state index in [2.05, 4.69) is 9.79 Å². The zero-order valence-electron chi connectivity index (χ0n) is 8.33. The third-order valence-electron chi connectivity index (χ3n) is 2.02. The highest BCUT2D eigenvalue weighted by Gasteiger charge is 2.33. The van der Waals surface area contributed by atoms with Gasteiger partial charge in [0.05, 0.1) is 10.8 Å². The smallest absolute Gasteiger partial charge is 0.416 e. The Hall–Kier alpha value is -1.47. The number of halogens is 5. The Kier molecular flexibility index (Phi) is 3.12. The van der Waals surface area contributed by atoms with Gasteiger partial charge in [0.2, 0.25) is 6.20 Å². The van der Waals surface area contributed by atoms with Gasteiger partial charge in [0, 0.05) is 0 Å². The van der Waals surface area contributed by atoms with Crippen molar-refractivity contribution in [2.24, 2.45) is 0 Å². The minimum atomic E-state index is -4.57. The lowest BCUT2D eigenvalue weighted by atomic mass is 10.2. The molecule has 0 saturated heterocycles. The van der Waals surface area contributed by atoms with Crippen LogP contribution in [0.25, 0.3) is 5.69 Å². The second-order valence-electron chi connectivity index (χ2n) is 3.25. The molecular formula is C9H3Cl2F3N2O2. The quantitative estimate of drug-likeness (QED) is 0.760. The van der Waals surface area contributed by atoms with Crippen LogP contribution in [0.2, 0.25) is 10.0 Å². The number of hydrogen-bond acceptors (Lipinski definition) is 3. The van der Waals surface area contributed by atoms with Gasteiger partial charge in [-0.3, -0.25) is 0 Å². The molecule has 0 bridgehead atoms. The number of alkyl halides is 3. The van der Waals surface area contributed by atoms with E-state index in [4.69, 9.17) is 23.2 Å². The lowest BCUT2D eigenvalue weighted by Crippen LogP contribution is -2.32. The van der Waals surface area contributed by atoms with Crippen molar-refractivity contribution in [1.82, 2.24) is 5.27 Å². The van der Waals surface area contributed by atoms with Crippen molar-refractivity contribution >= 4 is 23.2 Å². The standard InChI is InChI=1S/C9H3Cl2F3N2O2/c10-5-1-4(9(12,13)14)2-6(11)8(5)16-3-7(17)18-15-16/h1-3H. The highest BCUT2D eigenvalue weighted by Crippen LogP contribution is 2.35. The molecule has 1 aromatic carbocycles. The third-order valence-corrected chi connectivity index (χ3v) is 2.60. The highest BCUT2D eigenvalue weighted by molar-refractivity contribution is 6.37. The fourth-order valence-electron chi connectivity index (χ4n) is 1.28. The average molecular weight is 299 g/mol. The van der Waals surface area contributed by atoms with Crippen molar-refractivity contribution in [2.75, 3.05) is 0 Å². The molecule has 1 heterocycles. The fourth-order valence-corrected chi connectivity index (χ4v) is 1.94. The van der Waals surface area contributed by atoms with Crippen molar-refractivity contribution in [3.63, 3.8) is 0 Å². The van der Waals surface area contributed by atoms with Crippen molar-refractivity contribution in [1.29, 1.82) is 0 Å². The van der Waals surface area contributed by atoms with Crippen LogP contribution in [0.3, 0.4) is 0 Å². The van der Waals surface area contributed by atoms with Crippen molar-refractivity contribution < 1.29 is 27.5 Å². The molecule has 2 aromatic rings. The molecule has 9 heteroatoms. The molecule has 0 radical (unpaired) electrons. The van der Waals surface area contributed by atoms with Gasteiger partial charge in [0.15, 0.2) is 0 Å². The molecule has 0 atom stereocenters. The van der Waals surface area contributed by atoms with Gasteiger partial charge in [-0.2, -0.15) is 13.2 Å². The largest absolute Gasteiger partial charge is 0.539 e. The number of benzene rings is 1. The summed E-state index contributed by atoms with van der Waals surface area (Å²) in [6.45, 7) is 0. The van der Waals surface area contributed by atoms with Gasteiger partial charge in [-0.05, 0) is 16.8 Å². The molecule has 0 saturated carbocycles. The van der Waals surface area contributed by atoms with E-state index < -0.39 is 17.7 Å². The summed E-state index contributed by atoms with van der Waals surface area (Å²) in [5.74, 6) is -0.776. The first-order chi connectivity index (χ1) is 8.29. The Morgan fingerprint density at radius 3 is 2.17 bits per heavy atom. The predicted octanol–water partition coefficient (Wildman–Crippen LogP) is 2.35. The summed E-state index contributed by atoms with van der Waals surface area (Å²) in [5, 5.41) is 13.5. The Morgan fingerprint density at radius 1 is 1.22 bits per heavy atom. The molecule has 0 amide bonds. The summed E-state index contributed by atoms with van der Waals surface area (Å²) in [6, 6.07) is 1.38. The first-order valence-corrected chi connectivity index (χ1v) is 5.17. The summed E-state index contributed by atoms with van der Waals surface area (Å²) in [5.41, 5.74) is -1.05. The number of hydrogen-bond donors (Lipinski definition) is 0. The van der Waals surface area contributed by atoms with Crippen LogP contribution in [-0.4, -0.2) is 5.27 Å². The summed E-state index contributed by atoms with van der Waals surface area (Å²) >= 11 is 11.4. The van der Waals surface area contributed by atoms with Gasteiger partial charge < -0.3 is 9.63 Å². The van der Waals surface area contributed by atoms with E-state index in [0.29, 0.717) is 12.1 Å². The topological polar surface area (TPSA) is 53.0 Å². The van der Waals surface area contributed by atoms with Gasteiger partial charge in [-0.15, -0.1) is 0 Å². The Bertz CT molecular complexity index is 575. The molecule has 4 nitrogen and oxygen atoms in total. The third kappa shape index (κ3) is 2.37. The molecular weight excluding hydrogens is 296 g/mol. The molecule has 0 aliphatic carbocycles. The van der Waals surface area contributed by atoms with E-state index in [1.807, 2.05) is 0 Å². The van der Waals surface area contributed by atoms with Crippen LogP contribution in [0.4, 0.5) is 13.2 Å². The second kappa shape index (κ2) is 4.33. The summed E-state index contributed by atoms with van der Waals surface area (Å²) in [7, 11) is 0. The summed E-state index contributed by atoms with van der Waals surface area (Å²) in [4.78, 5) is 0. The molecule has 1 aromatic heterocycles. The lowest BCUT2D eigenvalue weighted by molar-refractivity contribution is -0.670. The van der Waals surface area contributed by atoms with Gasteiger partial charge in [-0.25, -0.2) is 0 Å². The lowest BCUT2D eigenvalue weighted by Gasteiger charge is -2.07. The van der Waals surface area contributed by atoms with E-state index in [9.17, 15) is 18.3 Å². The molecule has 96 valence electrons. The molecule has 0 aliphatic heterocycles. The van der Waals surface area contributed by atoms with Gasteiger partial charge >= 0.3 is 6.18 Å². The van der Waals surface area contributed by atoms with E-state index in [-0.39, 0.29) is 15.7 Å². The Balaban J connectivity index is 2.58. The van der Waals surface area contributed by atoms with Gasteiger partial charge in [0.1, 0.15) is 16.0 Å². The Morgan fingerprint density at radius 2 is 1.78 bits per heavy atom. The summed E-state index contributed by atoms with van der Waals surface area (Å²) < 4.78 is 42.5. The minimum Gasteiger partial charge on any atom is -0.539 e. The van der Waals surface area contributed by atoms with Gasteiger partial charge in [0.25, 0.3) is 5.69 Å². The first kappa shape index (κ1) is 13.0. The normalized spacial score (nSPS) is 11.8. The van der Waals surface area contributed by atoms with E-state index in [1.54, 1.807) is 0 Å². The summed E-state index contributed by atoms with van der Waals surface area (Å²) in [6.07, 6.45) is -3.66. The maximum Gasteiger partial charge on any atom is 0.416 e. The van der Waals surface area contributed by atoms with Crippen LogP contribution in [0, 0.1) is 0 Å². The van der Waals surface area contributed by atoms with Crippen molar-refractivity contribution in [3.05, 3.63) is 33.9 Å². The highest BCUT2D eigenvalue weighted by atomic mass is 35.5. The zero-order chi connectivity index (χ0) is 13.5. The fraction of sp³-hybridized carbons (Fsp3) is 0.111. The maximum atomic E-state index is 12.5. The van der Waals surface area contributed by atoms with Crippen LogP contribution in [0.15, 0.2) is 22.9 Å². The SMILES string of the molecule is [O-]c1c[n+](-c2c(Cl)cc(C(F)(F)F)cc2Cl)no1. The van der Waals surface area contributed by atoms with E-state index in [0.717, 1.165) is 10.9 Å². The molecule has 0 aliphatic rings. The minimum absolute atomic E-state index is 0.0582. The molecule has 0 fully saturated rings. The maximum absolute atomic E-state index is 12.5. The van der Waals surface area contributed by atoms with Crippen LogP contribution in [0.5, 0.6) is 5.95 Å². The molecule has 0 spiro atoms. The van der Waals surface area contributed by atoms with E-state index >= 15 is 0 Å². The van der Waals surface area contributed by atoms with Crippen molar-refractivity contribution in [2.45, 2.75) is 6.18 Å². The number of nitrogens with zero attached hydrogens (tertiary/aromatic N) is 2. The van der Waals surface area contributed by atoms with Crippen LogP contribution in [0.1, 0.15) is 5.56 Å². The van der Waals surface area contributed by atoms with Crippen LogP contribution < -0.4 is 9.79 Å². The molecule has 18 heavy (non-hydrogen) atoms. The molecule has 0 unspecified atom stereocenters. The monoisotopic (exact) mass is 298 g/mol. The first-order valence-electron chi connectivity index (χ1n) is 4.41. The van der Waals surface area contributed by atoms with Crippen LogP contribution in [-0.2, 0) is 6.18 Å². The van der Waals surface area contributed by atoms with Crippen molar-refractivity contribution in [3.8, 4) is 11.6 Å². The zero-order valence-corrected chi connectivity index (χ0v) is 9.84. The molecule has 2 rings (SSSR count). The number of rotatable bonds is 1. The average Bonchev–Trinajstić information content (AvgIpc) is 2.62. The second-order valence-corrected chi connectivity index (χ2v) is 4.07. The van der Waals surface area contributed by atoms with Crippen LogP contribution >= 0.6 is 23.2 Å².